The first-order chi connectivity index (χ1) is 3.43. The minimum atomic E-state index is 0.929. The minimum absolute atomic E-state index is 0.929. The van der Waals surface area contributed by atoms with Gasteiger partial charge in [-0.3, -0.25) is 0 Å². The second-order valence-corrected chi connectivity index (χ2v) is 1.10. The molecule has 0 unspecified atom stereocenters. The maximum absolute atomic E-state index is 4.83. The third-order valence-electron chi connectivity index (χ3n) is 0.558. The molecule has 0 aromatic heterocycles. The summed E-state index contributed by atoms with van der Waals surface area (Å²) in [6.45, 7) is 0. The van der Waals surface area contributed by atoms with Crippen LogP contribution < -0.4 is 0 Å². The molecule has 0 amide bonds. The predicted molar refractivity (Wildman–Crippen MR) is 28.2 cm³/mol. The summed E-state index contributed by atoms with van der Waals surface area (Å²) < 4.78 is 0. The third-order valence-corrected chi connectivity index (χ3v) is 0.558. The molecule has 0 heteroatoms. The zero-order valence-electron chi connectivity index (χ0n) is 3.65. The Morgan fingerprint density at radius 3 is 2.86 bits per heavy atom. The van der Waals surface area contributed by atoms with Gasteiger partial charge in [-0.05, 0) is 17.8 Å². The van der Waals surface area contributed by atoms with Gasteiger partial charge < -0.3 is 0 Å². The molecular weight excluding hydrogens is 84.1 g/mol. The monoisotopic (exact) mass is 86.0 g/mol. The summed E-state index contributed by atoms with van der Waals surface area (Å²) in [5, 5.41) is 0. The fraction of sp³-hybridized carbons (Fsp3) is 0. The van der Waals surface area contributed by atoms with E-state index in [1.165, 1.54) is 0 Å². The Kier molecular flexibility index (Phi) is 0.760. The molecule has 0 bridgehead atoms. The highest BCUT2D eigenvalue weighted by Crippen LogP contribution is 2.01. The number of allylic oxidation sites excluding steroid dienone is 1. The van der Waals surface area contributed by atoms with Gasteiger partial charge in [0.2, 0.25) is 0 Å². The van der Waals surface area contributed by atoms with Gasteiger partial charge in [0.15, 0.2) is 0 Å². The molecule has 0 aromatic carbocycles. The van der Waals surface area contributed by atoms with E-state index in [-0.39, 0.29) is 0 Å². The van der Waals surface area contributed by atoms with Crippen molar-refractivity contribution in [3.05, 3.63) is 17.4 Å². The van der Waals surface area contributed by atoms with E-state index in [4.69, 9.17) is 6.42 Å². The predicted octanol–water partition coefficient (Wildman–Crippen LogP) is 0.718. The normalized spacial score (nSPS) is 10.4. The van der Waals surface area contributed by atoms with E-state index < -0.39 is 0 Å². The van der Waals surface area contributed by atoms with Gasteiger partial charge in [-0.1, -0.05) is 0 Å². The molecule has 0 radical (unpaired) electrons. The first kappa shape index (κ1) is 3.82. The molecule has 0 saturated carbocycles. The Balaban J connectivity index is 2.52. The van der Waals surface area contributed by atoms with Crippen molar-refractivity contribution in [3.63, 3.8) is 0 Å². The summed E-state index contributed by atoms with van der Waals surface area (Å²) in [4.78, 5) is 0. The Morgan fingerprint density at radius 2 is 2.43 bits per heavy atom. The van der Waals surface area contributed by atoms with Gasteiger partial charge in [-0.15, -0.1) is 12.2 Å². The fourth-order valence-corrected chi connectivity index (χ4v) is 0.212. The molecule has 0 aliphatic heterocycles. The van der Waals surface area contributed by atoms with Crippen molar-refractivity contribution in [2.24, 2.45) is 0 Å². The van der Waals surface area contributed by atoms with Crippen LogP contribution >= 0.6 is 0 Å². The summed E-state index contributed by atoms with van der Waals surface area (Å²) in [6.07, 6.45) is 6.62. The number of rotatable bonds is 0. The molecule has 0 heterocycles. The first-order valence-electron chi connectivity index (χ1n) is 1.87. The lowest BCUT2D eigenvalue weighted by atomic mass is 10.5. The van der Waals surface area contributed by atoms with Gasteiger partial charge in [0.05, 0.1) is 5.57 Å². The fourth-order valence-electron chi connectivity index (χ4n) is 0.212. The van der Waals surface area contributed by atoms with Crippen LogP contribution in [0.2, 0.25) is 0 Å². The third kappa shape index (κ3) is 1.02. The van der Waals surface area contributed by atoms with Crippen LogP contribution in [-0.2, 0) is 0 Å². The second kappa shape index (κ2) is 1.39. The lowest BCUT2D eigenvalue weighted by molar-refractivity contribution is 2.10. The van der Waals surface area contributed by atoms with Gasteiger partial charge in [0.25, 0.3) is 0 Å². The van der Waals surface area contributed by atoms with Crippen molar-refractivity contribution in [1.29, 1.82) is 0 Å². The van der Waals surface area contributed by atoms with Crippen LogP contribution in [0.5, 0.6) is 0 Å². The van der Waals surface area contributed by atoms with Crippen molar-refractivity contribution in [1.82, 2.24) is 0 Å². The highest BCUT2D eigenvalue weighted by atomic mass is 13.9. The molecule has 0 nitrogen and oxygen atoms in total. The largest absolute Gasteiger partial charge is 0.106 e. The van der Waals surface area contributed by atoms with Gasteiger partial charge in [0, 0.05) is 6.08 Å². The smallest absolute Gasteiger partial charge is 0.0752 e. The van der Waals surface area contributed by atoms with Gasteiger partial charge in [0.1, 0.15) is 0 Å². The van der Waals surface area contributed by atoms with Crippen LogP contribution in [-0.4, -0.2) is 0 Å². The molecule has 0 fully saturated rings. The summed E-state index contributed by atoms with van der Waals surface area (Å²) >= 11 is 0. The Labute approximate surface area is 42.5 Å². The van der Waals surface area contributed by atoms with E-state index in [9.17, 15) is 0 Å². The Bertz CT molecular complexity index is 231. The highest BCUT2D eigenvalue weighted by molar-refractivity contribution is 5.49. The van der Waals surface area contributed by atoms with Crippen LogP contribution in [0.4, 0.5) is 0 Å². The van der Waals surface area contributed by atoms with Crippen LogP contribution in [0.25, 0.3) is 0 Å². The molecule has 0 spiro atoms. The van der Waals surface area contributed by atoms with E-state index in [1.54, 1.807) is 6.08 Å². The van der Waals surface area contributed by atoms with Gasteiger partial charge >= 0.3 is 0 Å². The van der Waals surface area contributed by atoms with E-state index in [0.717, 1.165) is 5.57 Å². The average Bonchev–Trinajstić information content (AvgIpc) is 2.42. The average molecular weight is 86.1 g/mol. The van der Waals surface area contributed by atoms with Gasteiger partial charge in [-0.25, -0.2) is 0 Å². The molecule has 7 heavy (non-hydrogen) atoms. The maximum atomic E-state index is 4.83. The summed E-state index contributed by atoms with van der Waals surface area (Å²) in [6, 6.07) is 0. The lowest BCUT2D eigenvalue weighted by Crippen LogP contribution is -1.49. The second-order valence-electron chi connectivity index (χ2n) is 1.10. The van der Waals surface area contributed by atoms with Gasteiger partial charge in [-0.2, -0.15) is 0 Å². The molecule has 0 aromatic rings. The molecule has 30 valence electrons. The molecule has 0 atom stereocenters. The topological polar surface area (TPSA) is 0 Å². The Morgan fingerprint density at radius 1 is 1.71 bits per heavy atom. The first-order valence-corrected chi connectivity index (χ1v) is 1.87. The van der Waals surface area contributed by atoms with Crippen molar-refractivity contribution >= 4 is 0 Å². The molecule has 0 N–H and O–H groups in total. The SMILES string of the molecule is C#CC#CC1=C=C1. The summed E-state index contributed by atoms with van der Waals surface area (Å²) in [7, 11) is 0. The number of terminal acetylenes is 1. The minimum Gasteiger partial charge on any atom is -0.106 e. The number of hydrogen-bond donors (Lipinski definition) is 0. The van der Waals surface area contributed by atoms with Crippen LogP contribution in [0.1, 0.15) is 0 Å². The van der Waals surface area contributed by atoms with E-state index in [0.29, 0.717) is 0 Å². The van der Waals surface area contributed by atoms with Crippen LogP contribution in [0.3, 0.4) is 0 Å². The van der Waals surface area contributed by atoms with Crippen LogP contribution in [0, 0.1) is 24.2 Å². The van der Waals surface area contributed by atoms with Crippen molar-refractivity contribution in [2.75, 3.05) is 0 Å². The Hall–Kier alpha value is -1.36. The van der Waals surface area contributed by atoms with E-state index >= 15 is 0 Å². The number of hydrogen-bond acceptors (Lipinski definition) is 0. The van der Waals surface area contributed by atoms with Crippen molar-refractivity contribution in [2.45, 2.75) is 0 Å². The van der Waals surface area contributed by atoms with Crippen molar-refractivity contribution < 1.29 is 0 Å². The molecular formula is C7H2. The van der Waals surface area contributed by atoms with E-state index in [2.05, 4.69) is 23.5 Å². The lowest BCUT2D eigenvalue weighted by Gasteiger charge is -1.55. The maximum Gasteiger partial charge on any atom is 0.0752 e. The molecule has 1 aliphatic rings. The highest BCUT2D eigenvalue weighted by Gasteiger charge is 1.89. The molecule has 1 rings (SSSR count). The molecule has 1 aliphatic carbocycles. The zero-order valence-corrected chi connectivity index (χ0v) is 3.65. The summed E-state index contributed by atoms with van der Waals surface area (Å²) in [5.74, 6) is 7.32. The van der Waals surface area contributed by atoms with Crippen LogP contribution in [0.15, 0.2) is 17.4 Å². The standard InChI is InChI=1S/C7H2/c1-2-3-4-7-5-6-7/h1,5H. The van der Waals surface area contributed by atoms with Crippen molar-refractivity contribution in [3.8, 4) is 24.2 Å². The zero-order chi connectivity index (χ0) is 5.11. The summed E-state index contributed by atoms with van der Waals surface area (Å²) in [5.41, 5.74) is 3.72. The van der Waals surface area contributed by atoms with E-state index in [1.807, 2.05) is 0 Å². The molecule has 0 saturated heterocycles. The quantitative estimate of drug-likeness (QED) is 0.301.